The maximum Gasteiger partial charge on any atom is 0.346 e. The Hall–Kier alpha value is -0.980. The van der Waals surface area contributed by atoms with Gasteiger partial charge in [-0.2, -0.15) is 0 Å². The van der Waals surface area contributed by atoms with Gasteiger partial charge in [0.05, 0.1) is 14.9 Å². The molecule has 1 aromatic carbocycles. The summed E-state index contributed by atoms with van der Waals surface area (Å²) in [6, 6.07) is 1.82. The van der Waals surface area contributed by atoms with Crippen LogP contribution in [0.25, 0.3) is 10.9 Å². The summed E-state index contributed by atoms with van der Waals surface area (Å²) in [4.78, 5) is 18.3. The summed E-state index contributed by atoms with van der Waals surface area (Å²) in [5.41, 5.74) is -0.595. The predicted molar refractivity (Wildman–Crippen MR) is 82.4 cm³/mol. The second-order valence-corrected chi connectivity index (χ2v) is 6.71. The molecule has 0 radical (unpaired) electrons. The molecule has 0 aliphatic heterocycles. The summed E-state index contributed by atoms with van der Waals surface area (Å²) in [7, 11) is 4.01. The lowest BCUT2D eigenvalue weighted by molar-refractivity contribution is 0.147. The highest BCUT2D eigenvalue weighted by Gasteiger charge is 2.35. The number of halogens is 3. The molecule has 0 N–H and O–H groups in total. The van der Waals surface area contributed by atoms with E-state index in [1.54, 1.807) is 0 Å². The van der Waals surface area contributed by atoms with E-state index in [2.05, 4.69) is 25.8 Å². The van der Waals surface area contributed by atoms with Crippen LogP contribution < -0.4 is 5.63 Å². The van der Waals surface area contributed by atoms with Gasteiger partial charge >= 0.3 is 5.63 Å². The van der Waals surface area contributed by atoms with E-state index in [4.69, 9.17) is 16.0 Å². The fourth-order valence-electron chi connectivity index (χ4n) is 2.52. The minimum Gasteiger partial charge on any atom is -0.408 e. The number of rotatable bonds is 2. The van der Waals surface area contributed by atoms with Crippen LogP contribution in [0.1, 0.15) is 24.7 Å². The van der Waals surface area contributed by atoms with E-state index in [1.165, 1.54) is 6.07 Å². The van der Waals surface area contributed by atoms with Crippen molar-refractivity contribution in [1.82, 2.24) is 9.88 Å². The number of hydrogen-bond donors (Lipinski definition) is 0. The number of aromatic nitrogens is 1. The minimum absolute atomic E-state index is 0.00540. The molecule has 1 heterocycles. The third-order valence-corrected chi connectivity index (χ3v) is 5.27. The normalized spacial score (nSPS) is 21.8. The molecule has 0 unspecified atom stereocenters. The zero-order valence-electron chi connectivity index (χ0n) is 11.5. The third-order valence-electron chi connectivity index (χ3n) is 3.97. The van der Waals surface area contributed by atoms with Crippen molar-refractivity contribution < 1.29 is 8.81 Å². The third kappa shape index (κ3) is 2.49. The average Bonchev–Trinajstić information content (AvgIpc) is 2.35. The first-order chi connectivity index (χ1) is 9.88. The van der Waals surface area contributed by atoms with Crippen molar-refractivity contribution in [3.8, 4) is 0 Å². The lowest BCUT2D eigenvalue weighted by Gasteiger charge is -2.38. The van der Waals surface area contributed by atoms with Crippen molar-refractivity contribution in [3.63, 3.8) is 0 Å². The second kappa shape index (κ2) is 5.34. The zero-order valence-corrected chi connectivity index (χ0v) is 13.8. The monoisotopic (exact) mass is 374 g/mol. The van der Waals surface area contributed by atoms with Gasteiger partial charge in [-0.25, -0.2) is 14.2 Å². The molecule has 1 aliphatic rings. The van der Waals surface area contributed by atoms with E-state index in [-0.39, 0.29) is 26.3 Å². The van der Waals surface area contributed by atoms with Gasteiger partial charge in [0.25, 0.3) is 0 Å². The summed E-state index contributed by atoms with van der Waals surface area (Å²) < 4.78 is 19.6. The molecular formula is C14H13BrClFN2O2. The van der Waals surface area contributed by atoms with Gasteiger partial charge in [-0.3, -0.25) is 0 Å². The Kier molecular flexibility index (Phi) is 3.80. The van der Waals surface area contributed by atoms with Crippen molar-refractivity contribution in [2.75, 3.05) is 14.1 Å². The fourth-order valence-corrected chi connectivity index (χ4v) is 3.01. The lowest BCUT2D eigenvalue weighted by atomic mass is 9.79. The number of fused-ring (bicyclic) bond motifs is 1. The first kappa shape index (κ1) is 14.9. The second-order valence-electron chi connectivity index (χ2n) is 5.51. The van der Waals surface area contributed by atoms with E-state index >= 15 is 0 Å². The Morgan fingerprint density at radius 2 is 2.14 bits per heavy atom. The standard InChI is InChI=1S/C14H13BrClFN2O2/c1-19(2)7-3-6(4-7)13-18-12-8(14(20)21-13)5-9(16)10(15)11(12)17/h5-7H,3-4H2,1-2H3. The molecule has 21 heavy (non-hydrogen) atoms. The van der Waals surface area contributed by atoms with Gasteiger partial charge in [0, 0.05) is 12.0 Å². The lowest BCUT2D eigenvalue weighted by Crippen LogP contribution is -2.39. The van der Waals surface area contributed by atoms with Gasteiger partial charge in [-0.1, -0.05) is 11.6 Å². The average molecular weight is 376 g/mol. The summed E-state index contributed by atoms with van der Waals surface area (Å²) >= 11 is 8.92. The van der Waals surface area contributed by atoms with Crippen LogP contribution in [-0.4, -0.2) is 30.0 Å². The van der Waals surface area contributed by atoms with Gasteiger partial charge in [0.1, 0.15) is 5.52 Å². The van der Waals surface area contributed by atoms with Gasteiger partial charge in [0.2, 0.25) is 5.89 Å². The van der Waals surface area contributed by atoms with E-state index in [1.807, 2.05) is 14.1 Å². The zero-order chi connectivity index (χ0) is 15.3. The molecule has 0 bridgehead atoms. The highest BCUT2D eigenvalue weighted by atomic mass is 79.9. The summed E-state index contributed by atoms with van der Waals surface area (Å²) in [5.74, 6) is -0.266. The Morgan fingerprint density at radius 3 is 2.76 bits per heavy atom. The van der Waals surface area contributed by atoms with E-state index in [9.17, 15) is 9.18 Å². The van der Waals surface area contributed by atoms with Gasteiger partial charge in [-0.05, 0) is 48.9 Å². The summed E-state index contributed by atoms with van der Waals surface area (Å²) in [6.07, 6.45) is 1.70. The van der Waals surface area contributed by atoms with Crippen LogP contribution in [-0.2, 0) is 0 Å². The van der Waals surface area contributed by atoms with Crippen LogP contribution in [0.2, 0.25) is 5.02 Å². The molecule has 1 aliphatic carbocycles. The molecule has 0 saturated heterocycles. The molecule has 3 rings (SSSR count). The first-order valence-corrected chi connectivity index (χ1v) is 7.70. The van der Waals surface area contributed by atoms with Crippen molar-refractivity contribution in [2.24, 2.45) is 0 Å². The highest BCUT2D eigenvalue weighted by molar-refractivity contribution is 9.10. The molecular weight excluding hydrogens is 363 g/mol. The van der Waals surface area contributed by atoms with Gasteiger partial charge in [0.15, 0.2) is 5.82 Å². The van der Waals surface area contributed by atoms with Crippen LogP contribution in [0.3, 0.4) is 0 Å². The molecule has 112 valence electrons. The van der Waals surface area contributed by atoms with Crippen molar-refractivity contribution in [3.05, 3.63) is 37.7 Å². The maximum absolute atomic E-state index is 14.2. The Bertz CT molecular complexity index is 772. The Labute approximate surface area is 134 Å². The van der Waals surface area contributed by atoms with E-state index < -0.39 is 11.4 Å². The van der Waals surface area contributed by atoms with Crippen molar-refractivity contribution >= 4 is 38.4 Å². The molecule has 1 saturated carbocycles. The molecule has 0 atom stereocenters. The fraction of sp³-hybridized carbons (Fsp3) is 0.429. The quantitative estimate of drug-likeness (QED) is 0.753. The molecule has 2 aromatic rings. The van der Waals surface area contributed by atoms with Crippen LogP contribution in [0.5, 0.6) is 0 Å². The Morgan fingerprint density at radius 1 is 1.48 bits per heavy atom. The van der Waals surface area contributed by atoms with Crippen molar-refractivity contribution in [2.45, 2.75) is 24.8 Å². The molecule has 7 heteroatoms. The largest absolute Gasteiger partial charge is 0.408 e. The van der Waals surface area contributed by atoms with Crippen molar-refractivity contribution in [1.29, 1.82) is 0 Å². The molecule has 0 spiro atoms. The van der Waals surface area contributed by atoms with E-state index in [0.717, 1.165) is 12.8 Å². The summed E-state index contributed by atoms with van der Waals surface area (Å²) in [6.45, 7) is 0. The minimum atomic E-state index is -0.630. The van der Waals surface area contributed by atoms with Crippen LogP contribution in [0.4, 0.5) is 4.39 Å². The van der Waals surface area contributed by atoms with Crippen LogP contribution in [0, 0.1) is 5.82 Å². The molecule has 1 aromatic heterocycles. The predicted octanol–water partition coefficient (Wildman–Crippen LogP) is 3.55. The topological polar surface area (TPSA) is 46.3 Å². The number of nitrogens with zero attached hydrogens (tertiary/aromatic N) is 2. The first-order valence-electron chi connectivity index (χ1n) is 6.53. The maximum atomic E-state index is 14.2. The van der Waals surface area contributed by atoms with Crippen LogP contribution in [0.15, 0.2) is 19.8 Å². The molecule has 0 amide bonds. The van der Waals surface area contributed by atoms with Gasteiger partial charge < -0.3 is 9.32 Å². The SMILES string of the molecule is CN(C)C1CC(c2nc3c(F)c(Br)c(Cl)cc3c(=O)o2)C1. The van der Waals surface area contributed by atoms with Crippen LogP contribution >= 0.6 is 27.5 Å². The number of benzene rings is 1. The smallest absolute Gasteiger partial charge is 0.346 e. The van der Waals surface area contributed by atoms with Gasteiger partial charge in [-0.15, -0.1) is 0 Å². The Balaban J connectivity index is 2.06. The summed E-state index contributed by atoms with van der Waals surface area (Å²) in [5, 5.41) is 0.186. The molecule has 4 nitrogen and oxygen atoms in total. The number of hydrogen-bond acceptors (Lipinski definition) is 4. The highest BCUT2D eigenvalue weighted by Crippen LogP contribution is 2.38. The van der Waals surface area contributed by atoms with E-state index in [0.29, 0.717) is 11.9 Å². The molecule has 1 fully saturated rings.